The number of hydrogen-bond acceptors (Lipinski definition) is 3. The molecule has 0 spiro atoms. The van der Waals surface area contributed by atoms with Gasteiger partial charge < -0.3 is 9.84 Å². The molecule has 1 aromatic rings. The van der Waals surface area contributed by atoms with E-state index in [9.17, 15) is 9.59 Å². The summed E-state index contributed by atoms with van der Waals surface area (Å²) >= 11 is 0. The highest BCUT2D eigenvalue weighted by molar-refractivity contribution is 5.90. The molecule has 168 valence electrons. The summed E-state index contributed by atoms with van der Waals surface area (Å²) in [7, 11) is 0. The van der Waals surface area contributed by atoms with Crippen LogP contribution in [0.15, 0.2) is 42.0 Å². The number of carboxylic acids is 1. The molecule has 5 heteroatoms. The number of nitrogens with zero attached hydrogens (tertiary/aromatic N) is 1. The molecule has 1 amide bonds. The maximum absolute atomic E-state index is 12.8. The van der Waals surface area contributed by atoms with Gasteiger partial charge in [0, 0.05) is 12.6 Å². The number of carbonyl (C=O) groups is 2. The number of amides is 1. The van der Waals surface area contributed by atoms with Gasteiger partial charge in [0.2, 0.25) is 0 Å². The van der Waals surface area contributed by atoms with Crippen molar-refractivity contribution < 1.29 is 19.4 Å². The SMILES string of the molecule is CC(/C=C/[C@@H]1C[C@]1(C)c1ccc2c(c1)C(C)(C)CCN2C(=O)OC(C)(C)C)=C\C(=O)O. The number of allylic oxidation sites excluding steroid dienone is 3. The van der Waals surface area contributed by atoms with Crippen LogP contribution in [0, 0.1) is 5.92 Å². The minimum Gasteiger partial charge on any atom is -0.478 e. The van der Waals surface area contributed by atoms with E-state index in [-0.39, 0.29) is 16.9 Å². The molecule has 0 unspecified atom stereocenters. The van der Waals surface area contributed by atoms with Gasteiger partial charge in [0.1, 0.15) is 5.60 Å². The number of ether oxygens (including phenoxy) is 1. The molecule has 31 heavy (non-hydrogen) atoms. The van der Waals surface area contributed by atoms with Crippen LogP contribution in [-0.2, 0) is 20.4 Å². The van der Waals surface area contributed by atoms with E-state index in [1.165, 1.54) is 17.2 Å². The van der Waals surface area contributed by atoms with Crippen molar-refractivity contribution in [3.63, 3.8) is 0 Å². The summed E-state index contributed by atoms with van der Waals surface area (Å²) in [6.45, 7) is 14.8. The third-order valence-electron chi connectivity index (χ3n) is 6.50. The molecule has 1 aromatic carbocycles. The molecule has 0 saturated heterocycles. The Bertz CT molecular complexity index is 951. The Labute approximate surface area is 185 Å². The summed E-state index contributed by atoms with van der Waals surface area (Å²) in [4.78, 5) is 25.4. The molecule has 1 saturated carbocycles. The van der Waals surface area contributed by atoms with Gasteiger partial charge in [-0.15, -0.1) is 0 Å². The predicted octanol–water partition coefficient (Wildman–Crippen LogP) is 5.97. The van der Waals surface area contributed by atoms with Crippen molar-refractivity contribution in [2.24, 2.45) is 5.92 Å². The van der Waals surface area contributed by atoms with Crippen LogP contribution < -0.4 is 4.90 Å². The van der Waals surface area contributed by atoms with Crippen molar-refractivity contribution in [1.29, 1.82) is 0 Å². The monoisotopic (exact) mass is 425 g/mol. The number of anilines is 1. The third-order valence-corrected chi connectivity index (χ3v) is 6.50. The molecule has 1 N–H and O–H groups in total. The normalized spacial score (nSPS) is 25.3. The van der Waals surface area contributed by atoms with Crippen LogP contribution in [0.4, 0.5) is 10.5 Å². The van der Waals surface area contributed by atoms with Gasteiger partial charge in [-0.25, -0.2) is 9.59 Å². The van der Waals surface area contributed by atoms with Gasteiger partial charge in [0.05, 0.1) is 5.69 Å². The van der Waals surface area contributed by atoms with E-state index < -0.39 is 11.6 Å². The standard InChI is InChI=1S/C26H35NO4/c1-17(14-22(28)29)8-9-19-16-26(19,7)18-10-11-21-20(15-18)25(5,6)12-13-27(21)23(30)31-24(2,3)4/h8-11,14-15,19H,12-13,16H2,1-7H3,(H,28,29)/b9-8+,17-14+/t19-,26-/m1/s1. The average molecular weight is 426 g/mol. The van der Waals surface area contributed by atoms with Crippen molar-refractivity contribution in [3.8, 4) is 0 Å². The van der Waals surface area contributed by atoms with Crippen LogP contribution in [-0.4, -0.2) is 29.3 Å². The van der Waals surface area contributed by atoms with Crippen molar-refractivity contribution >= 4 is 17.7 Å². The minimum atomic E-state index is -0.924. The number of fused-ring (bicyclic) bond motifs is 1. The van der Waals surface area contributed by atoms with Gasteiger partial charge in [0.15, 0.2) is 0 Å². The number of carbonyl (C=O) groups excluding carboxylic acids is 1. The fraction of sp³-hybridized carbons (Fsp3) is 0.538. The van der Waals surface area contributed by atoms with Crippen molar-refractivity contribution in [2.75, 3.05) is 11.4 Å². The Morgan fingerprint density at radius 2 is 1.90 bits per heavy atom. The lowest BCUT2D eigenvalue weighted by Crippen LogP contribution is -2.43. The van der Waals surface area contributed by atoms with Crippen molar-refractivity contribution in [3.05, 3.63) is 53.1 Å². The van der Waals surface area contributed by atoms with Crippen LogP contribution in [0.5, 0.6) is 0 Å². The molecule has 1 heterocycles. The van der Waals surface area contributed by atoms with Gasteiger partial charge in [-0.1, -0.05) is 45.1 Å². The molecule has 5 nitrogen and oxygen atoms in total. The van der Waals surface area contributed by atoms with Crippen LogP contribution >= 0.6 is 0 Å². The molecular weight excluding hydrogens is 390 g/mol. The Kier molecular flexibility index (Phi) is 5.85. The van der Waals surface area contributed by atoms with E-state index >= 15 is 0 Å². The van der Waals surface area contributed by atoms with E-state index in [4.69, 9.17) is 9.84 Å². The fourth-order valence-corrected chi connectivity index (χ4v) is 4.34. The molecule has 1 aliphatic heterocycles. The predicted molar refractivity (Wildman–Crippen MR) is 124 cm³/mol. The lowest BCUT2D eigenvalue weighted by Gasteiger charge is -2.40. The first kappa shape index (κ1) is 23.1. The summed E-state index contributed by atoms with van der Waals surface area (Å²) in [6.07, 6.45) is 6.85. The quantitative estimate of drug-likeness (QED) is 0.476. The van der Waals surface area contributed by atoms with Gasteiger partial charge in [-0.05, 0) is 80.1 Å². The maximum Gasteiger partial charge on any atom is 0.414 e. The molecule has 0 aromatic heterocycles. The van der Waals surface area contributed by atoms with Crippen molar-refractivity contribution in [1.82, 2.24) is 0 Å². The van der Waals surface area contributed by atoms with E-state index in [0.717, 1.165) is 24.1 Å². The van der Waals surface area contributed by atoms with Crippen LogP contribution in [0.2, 0.25) is 0 Å². The second-order valence-corrected chi connectivity index (χ2v) is 10.8. The Morgan fingerprint density at radius 1 is 1.23 bits per heavy atom. The zero-order valence-corrected chi connectivity index (χ0v) is 19.8. The summed E-state index contributed by atoms with van der Waals surface area (Å²) < 4.78 is 5.64. The Hall–Kier alpha value is -2.56. The molecule has 2 atom stereocenters. The zero-order valence-electron chi connectivity index (χ0n) is 19.8. The molecule has 1 fully saturated rings. The van der Waals surface area contributed by atoms with E-state index in [1.54, 1.807) is 11.8 Å². The summed E-state index contributed by atoms with van der Waals surface area (Å²) in [5.41, 5.74) is 3.59. The van der Waals surface area contributed by atoms with Gasteiger partial charge in [0.25, 0.3) is 0 Å². The minimum absolute atomic E-state index is 0.0265. The lowest BCUT2D eigenvalue weighted by molar-refractivity contribution is -0.131. The number of carboxylic acid groups (broad SMARTS) is 1. The van der Waals surface area contributed by atoms with Crippen molar-refractivity contribution in [2.45, 2.75) is 77.7 Å². The Morgan fingerprint density at radius 3 is 2.52 bits per heavy atom. The topological polar surface area (TPSA) is 66.8 Å². The first-order valence-corrected chi connectivity index (χ1v) is 11.0. The smallest absolute Gasteiger partial charge is 0.414 e. The van der Waals surface area contributed by atoms with Gasteiger partial charge in [-0.3, -0.25) is 4.90 Å². The second kappa shape index (κ2) is 7.85. The first-order valence-electron chi connectivity index (χ1n) is 11.0. The average Bonchev–Trinajstić information content (AvgIpc) is 3.29. The second-order valence-electron chi connectivity index (χ2n) is 10.8. The van der Waals surface area contributed by atoms with Gasteiger partial charge in [-0.2, -0.15) is 0 Å². The molecule has 0 bridgehead atoms. The zero-order chi connectivity index (χ0) is 23.2. The molecule has 0 radical (unpaired) electrons. The highest BCUT2D eigenvalue weighted by Gasteiger charge is 2.50. The van der Waals surface area contributed by atoms with Crippen LogP contribution in [0.3, 0.4) is 0 Å². The highest BCUT2D eigenvalue weighted by atomic mass is 16.6. The fourth-order valence-electron chi connectivity index (χ4n) is 4.34. The molecule has 3 rings (SSSR count). The molecular formula is C26H35NO4. The summed E-state index contributed by atoms with van der Waals surface area (Å²) in [6, 6.07) is 6.46. The van der Waals surface area contributed by atoms with E-state index in [0.29, 0.717) is 12.5 Å². The maximum atomic E-state index is 12.8. The highest BCUT2D eigenvalue weighted by Crippen LogP contribution is 2.56. The van der Waals surface area contributed by atoms with Crippen LogP contribution in [0.25, 0.3) is 0 Å². The van der Waals surface area contributed by atoms with Crippen LogP contribution in [0.1, 0.15) is 72.4 Å². The number of benzene rings is 1. The molecule has 1 aliphatic carbocycles. The lowest BCUT2D eigenvalue weighted by atomic mass is 9.76. The number of hydrogen-bond donors (Lipinski definition) is 1. The largest absolute Gasteiger partial charge is 0.478 e. The molecule has 2 aliphatic rings. The number of rotatable bonds is 4. The summed E-state index contributed by atoms with van der Waals surface area (Å²) in [5.74, 6) is -0.552. The van der Waals surface area contributed by atoms with E-state index in [2.05, 4.69) is 45.0 Å². The first-order chi connectivity index (χ1) is 14.2. The number of aliphatic carboxylic acids is 1. The Balaban J connectivity index is 1.87. The third kappa shape index (κ3) is 5.03. The van der Waals surface area contributed by atoms with Gasteiger partial charge >= 0.3 is 12.1 Å². The van der Waals surface area contributed by atoms with E-state index in [1.807, 2.05) is 26.8 Å². The summed E-state index contributed by atoms with van der Waals surface area (Å²) in [5, 5.41) is 8.88.